The first kappa shape index (κ1) is 23.7. The second kappa shape index (κ2) is 9.93. The minimum atomic E-state index is -0.874. The maximum absolute atomic E-state index is 12.5. The van der Waals surface area contributed by atoms with Crippen molar-refractivity contribution in [3.05, 3.63) is 18.3 Å². The molecule has 3 N–H and O–H groups in total. The number of rotatable bonds is 4. The maximum Gasteiger partial charge on any atom is 0.244 e. The molecule has 0 aromatic carbocycles. The van der Waals surface area contributed by atoms with E-state index in [0.717, 1.165) is 44.8 Å². The molecule has 1 aromatic heterocycles. The van der Waals surface area contributed by atoms with Gasteiger partial charge in [0, 0.05) is 45.3 Å². The van der Waals surface area contributed by atoms with Crippen molar-refractivity contribution < 1.29 is 14.3 Å². The first-order chi connectivity index (χ1) is 13.0. The fourth-order valence-electron chi connectivity index (χ4n) is 3.61. The number of nitrogens with zero attached hydrogens (tertiary/aromatic N) is 3. The molecule has 29 heavy (non-hydrogen) atoms. The molecule has 10 heteroatoms. The zero-order valence-corrected chi connectivity index (χ0v) is 18.0. The van der Waals surface area contributed by atoms with Gasteiger partial charge < -0.3 is 25.6 Å². The number of pyridine rings is 1. The lowest BCUT2D eigenvalue weighted by Gasteiger charge is -2.35. The van der Waals surface area contributed by atoms with Gasteiger partial charge in [0.25, 0.3) is 0 Å². The van der Waals surface area contributed by atoms with E-state index in [1.54, 1.807) is 6.20 Å². The number of amides is 2. The molecule has 1 saturated carbocycles. The first-order valence-corrected chi connectivity index (χ1v) is 9.73. The number of carbonyl (C=O) groups excluding carboxylic acids is 2. The van der Waals surface area contributed by atoms with Crippen LogP contribution in [0.2, 0.25) is 0 Å². The summed E-state index contributed by atoms with van der Waals surface area (Å²) in [6.45, 7) is 4.07. The molecule has 0 unspecified atom stereocenters. The highest BCUT2D eigenvalue weighted by Gasteiger charge is 2.36. The van der Waals surface area contributed by atoms with E-state index < -0.39 is 5.54 Å². The Morgan fingerprint density at radius 1 is 1.10 bits per heavy atom. The lowest BCUT2D eigenvalue weighted by molar-refractivity contribution is -0.132. The lowest BCUT2D eigenvalue weighted by atomic mass is 9.90. The summed E-state index contributed by atoms with van der Waals surface area (Å²) in [4.78, 5) is 33.2. The number of nitrogens with one attached hydrogen (secondary N) is 1. The third kappa shape index (κ3) is 5.51. The molecule has 4 rings (SSSR count). The third-order valence-electron chi connectivity index (χ3n) is 5.68. The fourth-order valence-corrected chi connectivity index (χ4v) is 3.61. The molecular formula is C19H29Cl2N5O3. The van der Waals surface area contributed by atoms with Gasteiger partial charge in [-0.1, -0.05) is 0 Å². The predicted octanol–water partition coefficient (Wildman–Crippen LogP) is 1.43. The minimum Gasteiger partial charge on any atom is -0.381 e. The summed E-state index contributed by atoms with van der Waals surface area (Å²) in [6, 6.07) is 3.76. The quantitative estimate of drug-likeness (QED) is 0.726. The highest BCUT2D eigenvalue weighted by molar-refractivity contribution is 5.98. The number of aromatic nitrogens is 1. The summed E-state index contributed by atoms with van der Waals surface area (Å²) in [5.41, 5.74) is 5.98. The number of ether oxygens (including phenoxy) is 1. The largest absolute Gasteiger partial charge is 0.381 e. The van der Waals surface area contributed by atoms with Crippen LogP contribution in [0.5, 0.6) is 0 Å². The van der Waals surface area contributed by atoms with Crippen LogP contribution in [0.4, 0.5) is 11.5 Å². The Morgan fingerprint density at radius 2 is 1.76 bits per heavy atom. The van der Waals surface area contributed by atoms with E-state index in [0.29, 0.717) is 37.6 Å². The van der Waals surface area contributed by atoms with Gasteiger partial charge in [-0.3, -0.25) is 9.59 Å². The number of nitrogens with two attached hydrogens (primary N) is 1. The van der Waals surface area contributed by atoms with E-state index >= 15 is 0 Å². The molecule has 3 fully saturated rings. The summed E-state index contributed by atoms with van der Waals surface area (Å²) in [6.07, 6.45) is 4.80. The van der Waals surface area contributed by atoms with Crippen molar-refractivity contribution in [1.29, 1.82) is 0 Å². The van der Waals surface area contributed by atoms with Crippen molar-refractivity contribution in [3.8, 4) is 0 Å². The van der Waals surface area contributed by atoms with Crippen LogP contribution in [-0.4, -0.2) is 66.6 Å². The summed E-state index contributed by atoms with van der Waals surface area (Å²) < 4.78 is 5.28. The maximum atomic E-state index is 12.5. The second-order valence-electron chi connectivity index (χ2n) is 7.71. The van der Waals surface area contributed by atoms with Gasteiger partial charge in [-0.25, -0.2) is 4.98 Å². The average molecular weight is 446 g/mol. The molecule has 3 aliphatic rings. The SMILES string of the molecule is Cl.Cl.NC1(C(=O)Nc2ccc(N3CCN(C(=O)C4CC4)CC3)nc2)CCOCC1. The molecule has 8 nitrogen and oxygen atoms in total. The smallest absolute Gasteiger partial charge is 0.244 e. The van der Waals surface area contributed by atoms with Crippen LogP contribution < -0.4 is 16.0 Å². The van der Waals surface area contributed by atoms with E-state index in [1.165, 1.54) is 0 Å². The molecule has 2 saturated heterocycles. The van der Waals surface area contributed by atoms with Crippen LogP contribution >= 0.6 is 24.8 Å². The van der Waals surface area contributed by atoms with E-state index in [-0.39, 0.29) is 36.6 Å². The summed E-state index contributed by atoms with van der Waals surface area (Å²) in [7, 11) is 0. The Morgan fingerprint density at radius 3 is 2.31 bits per heavy atom. The fraction of sp³-hybridized carbons (Fsp3) is 0.632. The van der Waals surface area contributed by atoms with Gasteiger partial charge in [0.1, 0.15) is 11.4 Å². The molecule has 1 aromatic rings. The normalized spacial score (nSPS) is 20.9. The highest BCUT2D eigenvalue weighted by Crippen LogP contribution is 2.31. The summed E-state index contributed by atoms with van der Waals surface area (Å²) in [5.74, 6) is 1.26. The highest BCUT2D eigenvalue weighted by atomic mass is 35.5. The lowest BCUT2D eigenvalue weighted by Crippen LogP contribution is -2.54. The van der Waals surface area contributed by atoms with E-state index in [9.17, 15) is 9.59 Å². The van der Waals surface area contributed by atoms with Crippen molar-refractivity contribution in [2.75, 3.05) is 49.6 Å². The molecule has 0 bridgehead atoms. The molecule has 2 amide bonds. The molecule has 0 spiro atoms. The second-order valence-corrected chi connectivity index (χ2v) is 7.71. The molecular weight excluding hydrogens is 417 g/mol. The van der Waals surface area contributed by atoms with Crippen molar-refractivity contribution in [2.45, 2.75) is 31.2 Å². The molecule has 3 heterocycles. The van der Waals surface area contributed by atoms with Gasteiger partial charge in [0.15, 0.2) is 0 Å². The van der Waals surface area contributed by atoms with Gasteiger partial charge in [-0.2, -0.15) is 0 Å². The number of piperazine rings is 1. The summed E-state index contributed by atoms with van der Waals surface area (Å²) in [5, 5.41) is 2.87. The molecule has 0 radical (unpaired) electrons. The Labute approximate surface area is 183 Å². The van der Waals surface area contributed by atoms with E-state index in [4.69, 9.17) is 10.5 Å². The zero-order valence-electron chi connectivity index (χ0n) is 16.3. The monoisotopic (exact) mass is 445 g/mol. The Balaban J connectivity index is 0.00000150. The number of halogens is 2. The van der Waals surface area contributed by atoms with Gasteiger partial charge in [-0.05, 0) is 37.8 Å². The van der Waals surface area contributed by atoms with Crippen LogP contribution in [0.1, 0.15) is 25.7 Å². The minimum absolute atomic E-state index is 0. The van der Waals surface area contributed by atoms with Crippen molar-refractivity contribution in [3.63, 3.8) is 0 Å². The van der Waals surface area contributed by atoms with Crippen molar-refractivity contribution >= 4 is 48.1 Å². The van der Waals surface area contributed by atoms with Gasteiger partial charge >= 0.3 is 0 Å². The Bertz CT molecular complexity index is 700. The standard InChI is InChI=1S/C19H27N5O3.2ClH/c20-19(5-11-27-12-6-19)18(26)22-15-3-4-16(21-13-15)23-7-9-24(10-8-23)17(25)14-1-2-14;;/h3-4,13-14H,1-2,5-12,20H2,(H,22,26);2*1H. The van der Waals surface area contributed by atoms with Crippen LogP contribution in [0.15, 0.2) is 18.3 Å². The van der Waals surface area contributed by atoms with Crippen molar-refractivity contribution in [1.82, 2.24) is 9.88 Å². The molecule has 0 atom stereocenters. The predicted molar refractivity (Wildman–Crippen MR) is 116 cm³/mol. The number of hydrogen-bond donors (Lipinski definition) is 2. The van der Waals surface area contributed by atoms with Crippen LogP contribution in [-0.2, 0) is 14.3 Å². The molecule has 162 valence electrons. The van der Waals surface area contributed by atoms with Crippen LogP contribution in [0.3, 0.4) is 0 Å². The van der Waals surface area contributed by atoms with E-state index in [2.05, 4.69) is 15.2 Å². The molecule has 2 aliphatic heterocycles. The molecule has 1 aliphatic carbocycles. The van der Waals surface area contributed by atoms with Gasteiger partial charge in [-0.15, -0.1) is 24.8 Å². The number of carbonyl (C=O) groups is 2. The Kier molecular flexibility index (Phi) is 8.10. The Hall–Kier alpha value is -1.61. The average Bonchev–Trinajstić information content (AvgIpc) is 3.54. The number of anilines is 2. The van der Waals surface area contributed by atoms with Gasteiger partial charge in [0.2, 0.25) is 11.8 Å². The number of hydrogen-bond acceptors (Lipinski definition) is 6. The van der Waals surface area contributed by atoms with Crippen LogP contribution in [0.25, 0.3) is 0 Å². The first-order valence-electron chi connectivity index (χ1n) is 9.73. The van der Waals surface area contributed by atoms with Gasteiger partial charge in [0.05, 0.1) is 11.9 Å². The van der Waals surface area contributed by atoms with Crippen LogP contribution in [0, 0.1) is 5.92 Å². The summed E-state index contributed by atoms with van der Waals surface area (Å²) >= 11 is 0. The zero-order chi connectivity index (χ0) is 18.9. The third-order valence-corrected chi connectivity index (χ3v) is 5.68. The topological polar surface area (TPSA) is 101 Å². The van der Waals surface area contributed by atoms with E-state index in [1.807, 2.05) is 17.0 Å². The van der Waals surface area contributed by atoms with Crippen molar-refractivity contribution in [2.24, 2.45) is 11.7 Å².